The van der Waals surface area contributed by atoms with E-state index in [-0.39, 0.29) is 0 Å². The topological polar surface area (TPSA) is 24.9 Å². The Balaban J connectivity index is 2.03. The Morgan fingerprint density at radius 1 is 1.11 bits per heavy atom. The number of hydrogen-bond donors (Lipinski definition) is 1. The lowest BCUT2D eigenvalue weighted by Gasteiger charge is -2.10. The van der Waals surface area contributed by atoms with Gasteiger partial charge in [-0.15, -0.1) is 0 Å². The van der Waals surface area contributed by atoms with Gasteiger partial charge in [-0.25, -0.2) is 0 Å². The van der Waals surface area contributed by atoms with Gasteiger partial charge >= 0.3 is 6.18 Å². The summed E-state index contributed by atoms with van der Waals surface area (Å²) in [5.74, 6) is 0. The lowest BCUT2D eigenvalue weighted by Crippen LogP contribution is -2.05. The summed E-state index contributed by atoms with van der Waals surface area (Å²) in [4.78, 5) is 3.84. The number of pyridine rings is 1. The molecule has 1 N–H and O–H groups in total. The molecule has 1 aromatic heterocycles. The van der Waals surface area contributed by atoms with Crippen molar-refractivity contribution in [3.8, 4) is 0 Å². The number of hydrogen-bond acceptors (Lipinski definition) is 2. The summed E-state index contributed by atoms with van der Waals surface area (Å²) in [5.41, 5.74) is 0.774. The molecule has 0 aliphatic carbocycles. The van der Waals surface area contributed by atoms with Crippen molar-refractivity contribution in [3.05, 3.63) is 58.9 Å². The summed E-state index contributed by atoms with van der Waals surface area (Å²) in [6.07, 6.45) is -1.22. The lowest BCUT2D eigenvalue weighted by atomic mass is 10.1. The quantitative estimate of drug-likeness (QED) is 0.906. The molecule has 100 valence electrons. The monoisotopic (exact) mass is 286 g/mol. The predicted molar refractivity (Wildman–Crippen MR) is 68.0 cm³/mol. The van der Waals surface area contributed by atoms with E-state index in [0.717, 1.165) is 17.7 Å². The van der Waals surface area contributed by atoms with Crippen LogP contribution in [-0.2, 0) is 12.7 Å². The maximum atomic E-state index is 12.4. The number of alkyl halides is 3. The van der Waals surface area contributed by atoms with Gasteiger partial charge in [0.1, 0.15) is 0 Å². The number of nitrogens with one attached hydrogen (secondary N) is 1. The van der Waals surface area contributed by atoms with Gasteiger partial charge in [-0.2, -0.15) is 13.2 Å². The van der Waals surface area contributed by atoms with E-state index in [9.17, 15) is 13.2 Å². The predicted octanol–water partition coefficient (Wildman–Crippen LogP) is 4.37. The molecule has 2 aromatic rings. The van der Waals surface area contributed by atoms with Crippen LogP contribution < -0.4 is 5.32 Å². The molecular weight excluding hydrogens is 277 g/mol. The van der Waals surface area contributed by atoms with Gasteiger partial charge in [-0.3, -0.25) is 4.98 Å². The van der Waals surface area contributed by atoms with Crippen molar-refractivity contribution in [1.82, 2.24) is 4.98 Å². The summed E-state index contributed by atoms with van der Waals surface area (Å²) in [5, 5.41) is 3.50. The van der Waals surface area contributed by atoms with Gasteiger partial charge in [-0.1, -0.05) is 23.7 Å². The molecule has 0 saturated carbocycles. The third kappa shape index (κ3) is 3.61. The zero-order chi connectivity index (χ0) is 13.9. The van der Waals surface area contributed by atoms with Crippen LogP contribution in [0.2, 0.25) is 5.02 Å². The molecule has 2 nitrogen and oxygen atoms in total. The van der Waals surface area contributed by atoms with Crippen LogP contribution in [-0.4, -0.2) is 4.98 Å². The van der Waals surface area contributed by atoms with Gasteiger partial charge in [0.15, 0.2) is 0 Å². The molecule has 0 amide bonds. The summed E-state index contributed by atoms with van der Waals surface area (Å²) >= 11 is 5.90. The molecule has 0 bridgehead atoms. The van der Waals surface area contributed by atoms with Gasteiger partial charge in [0, 0.05) is 18.9 Å². The van der Waals surface area contributed by atoms with Gasteiger partial charge in [0.05, 0.1) is 16.3 Å². The van der Waals surface area contributed by atoms with Crippen molar-refractivity contribution in [2.75, 3.05) is 5.32 Å². The molecule has 0 radical (unpaired) electrons. The SMILES string of the molecule is FC(F)(F)c1ccc(CNc2ccncc2Cl)cc1. The van der Waals surface area contributed by atoms with Gasteiger partial charge < -0.3 is 5.32 Å². The molecule has 0 unspecified atom stereocenters. The van der Waals surface area contributed by atoms with E-state index in [1.807, 2.05) is 0 Å². The summed E-state index contributed by atoms with van der Waals surface area (Å²) < 4.78 is 37.1. The lowest BCUT2D eigenvalue weighted by molar-refractivity contribution is -0.137. The van der Waals surface area contributed by atoms with E-state index in [1.165, 1.54) is 18.3 Å². The minimum atomic E-state index is -4.31. The average Bonchev–Trinajstić information content (AvgIpc) is 2.37. The van der Waals surface area contributed by atoms with Crippen LogP contribution in [0.5, 0.6) is 0 Å². The molecule has 1 aromatic carbocycles. The largest absolute Gasteiger partial charge is 0.416 e. The van der Waals surface area contributed by atoms with E-state index in [2.05, 4.69) is 10.3 Å². The zero-order valence-corrected chi connectivity index (χ0v) is 10.5. The van der Waals surface area contributed by atoms with Crippen LogP contribution >= 0.6 is 11.6 Å². The van der Waals surface area contributed by atoms with E-state index >= 15 is 0 Å². The maximum Gasteiger partial charge on any atom is 0.416 e. The Hall–Kier alpha value is -1.75. The van der Waals surface area contributed by atoms with E-state index in [4.69, 9.17) is 11.6 Å². The molecule has 6 heteroatoms. The smallest absolute Gasteiger partial charge is 0.380 e. The van der Waals surface area contributed by atoms with E-state index in [1.54, 1.807) is 12.3 Å². The second-order valence-electron chi connectivity index (χ2n) is 3.90. The average molecular weight is 287 g/mol. The van der Waals surface area contributed by atoms with Crippen LogP contribution in [0.15, 0.2) is 42.7 Å². The highest BCUT2D eigenvalue weighted by molar-refractivity contribution is 6.33. The van der Waals surface area contributed by atoms with Crippen molar-refractivity contribution in [2.24, 2.45) is 0 Å². The van der Waals surface area contributed by atoms with Crippen molar-refractivity contribution in [3.63, 3.8) is 0 Å². The molecule has 2 rings (SSSR count). The van der Waals surface area contributed by atoms with Crippen molar-refractivity contribution < 1.29 is 13.2 Å². The molecule has 0 aliphatic heterocycles. The first-order valence-corrected chi connectivity index (χ1v) is 5.84. The highest BCUT2D eigenvalue weighted by Gasteiger charge is 2.29. The second-order valence-corrected chi connectivity index (χ2v) is 4.31. The molecule has 0 spiro atoms. The molecule has 0 atom stereocenters. The minimum Gasteiger partial charge on any atom is -0.380 e. The Kier molecular flexibility index (Phi) is 3.95. The first-order valence-electron chi connectivity index (χ1n) is 5.46. The van der Waals surface area contributed by atoms with Gasteiger partial charge in [0.25, 0.3) is 0 Å². The number of halogens is 4. The number of anilines is 1. The van der Waals surface area contributed by atoms with Gasteiger partial charge in [0.2, 0.25) is 0 Å². The molecule has 0 aliphatic rings. The summed E-state index contributed by atoms with van der Waals surface area (Å²) in [6, 6.07) is 6.69. The number of nitrogens with zero attached hydrogens (tertiary/aromatic N) is 1. The fourth-order valence-electron chi connectivity index (χ4n) is 1.53. The van der Waals surface area contributed by atoms with Crippen molar-refractivity contribution in [1.29, 1.82) is 0 Å². The van der Waals surface area contributed by atoms with Crippen LogP contribution in [0.3, 0.4) is 0 Å². The van der Waals surface area contributed by atoms with Crippen LogP contribution in [0.25, 0.3) is 0 Å². The first kappa shape index (κ1) is 13.7. The maximum absolute atomic E-state index is 12.4. The third-order valence-electron chi connectivity index (χ3n) is 2.54. The fourth-order valence-corrected chi connectivity index (χ4v) is 1.71. The van der Waals surface area contributed by atoms with Crippen LogP contribution in [0.1, 0.15) is 11.1 Å². The molecule has 1 heterocycles. The Bertz CT molecular complexity index is 553. The van der Waals surface area contributed by atoms with E-state index < -0.39 is 11.7 Å². The third-order valence-corrected chi connectivity index (χ3v) is 2.84. The highest BCUT2D eigenvalue weighted by atomic mass is 35.5. The Morgan fingerprint density at radius 3 is 2.37 bits per heavy atom. The molecule has 0 fully saturated rings. The standard InChI is InChI=1S/C13H10ClF3N2/c14-11-8-18-6-5-12(11)19-7-9-1-3-10(4-2-9)13(15,16)17/h1-6,8H,7H2,(H,18,19). The Labute approximate surface area is 113 Å². The molecular formula is C13H10ClF3N2. The van der Waals surface area contributed by atoms with Crippen molar-refractivity contribution in [2.45, 2.75) is 12.7 Å². The van der Waals surface area contributed by atoms with E-state index in [0.29, 0.717) is 17.3 Å². The second kappa shape index (κ2) is 5.48. The molecule has 19 heavy (non-hydrogen) atoms. The van der Waals surface area contributed by atoms with Crippen molar-refractivity contribution >= 4 is 17.3 Å². The normalized spacial score (nSPS) is 11.4. The number of rotatable bonds is 3. The zero-order valence-electron chi connectivity index (χ0n) is 9.71. The number of aromatic nitrogens is 1. The molecule has 0 saturated heterocycles. The summed E-state index contributed by atoms with van der Waals surface area (Å²) in [7, 11) is 0. The minimum absolute atomic E-state index is 0.391. The Morgan fingerprint density at radius 2 is 1.79 bits per heavy atom. The first-order chi connectivity index (χ1) is 8.97. The fraction of sp³-hybridized carbons (Fsp3) is 0.154. The van der Waals surface area contributed by atoms with Gasteiger partial charge in [-0.05, 0) is 23.8 Å². The van der Waals surface area contributed by atoms with Crippen LogP contribution in [0.4, 0.5) is 18.9 Å². The highest BCUT2D eigenvalue weighted by Crippen LogP contribution is 2.29. The summed E-state index contributed by atoms with van der Waals surface area (Å²) in [6.45, 7) is 0.391. The van der Waals surface area contributed by atoms with Crippen LogP contribution in [0, 0.1) is 0 Å². The number of benzene rings is 1.